The standard InChI is InChI=1S/C29H28Cl2N6O5S/c1-16-20(12-28(39)32-13-18(38)14-37-9-8-33-36-37)17(2)34-27(16)11-22-21-10-19(6-7-26(21)35-29(22)40)43(41,42)15-23-24(30)4-3-5-25(23)31/h3-11,18,34,38H,12-15H2,1-2H3,(H,32,39)(H,35,40)/b22-11-. The van der Waals surface area contributed by atoms with Gasteiger partial charge >= 0.3 is 0 Å². The zero-order valence-corrected chi connectivity index (χ0v) is 25.5. The van der Waals surface area contributed by atoms with Gasteiger partial charge in [0.2, 0.25) is 5.91 Å². The molecule has 1 aliphatic rings. The minimum absolute atomic E-state index is 0.0207. The number of H-pyrrole nitrogens is 1. The number of hydrogen-bond acceptors (Lipinski definition) is 7. The van der Waals surface area contributed by atoms with E-state index in [1.165, 1.54) is 23.0 Å². The van der Waals surface area contributed by atoms with Crippen LogP contribution in [0.3, 0.4) is 0 Å². The smallest absolute Gasteiger partial charge is 0.256 e. The Morgan fingerprint density at radius 1 is 1.16 bits per heavy atom. The third-order valence-electron chi connectivity index (χ3n) is 7.19. The van der Waals surface area contributed by atoms with Gasteiger partial charge in [0.25, 0.3) is 5.91 Å². The van der Waals surface area contributed by atoms with Gasteiger partial charge in [-0.05, 0) is 61.4 Å². The maximum Gasteiger partial charge on any atom is 0.256 e. The molecule has 0 radical (unpaired) electrons. The van der Waals surface area contributed by atoms with E-state index >= 15 is 0 Å². The Balaban J connectivity index is 1.35. The van der Waals surface area contributed by atoms with E-state index in [-0.39, 0.29) is 51.8 Å². The molecule has 224 valence electrons. The zero-order valence-electron chi connectivity index (χ0n) is 23.2. The first-order valence-electron chi connectivity index (χ1n) is 13.2. The molecule has 2 amide bonds. The first-order chi connectivity index (χ1) is 20.4. The number of aliphatic hydroxyl groups is 1. The number of carbonyl (C=O) groups is 2. The van der Waals surface area contributed by atoms with Crippen LogP contribution in [0.1, 0.15) is 33.6 Å². The lowest BCUT2D eigenvalue weighted by atomic mass is 10.0. The molecule has 1 unspecified atom stereocenters. The molecule has 3 heterocycles. The maximum absolute atomic E-state index is 13.3. The fraction of sp³-hybridized carbons (Fsp3) is 0.241. The normalized spacial score (nSPS) is 14.5. The Kier molecular flexibility index (Phi) is 8.74. The topological polar surface area (TPSA) is 159 Å². The number of nitrogens with one attached hydrogen (secondary N) is 3. The summed E-state index contributed by atoms with van der Waals surface area (Å²) >= 11 is 12.4. The SMILES string of the molecule is Cc1[nH]c(/C=C2\C(=O)Nc3ccc(S(=O)(=O)Cc4c(Cl)cccc4Cl)cc32)c(C)c1CC(=O)NCC(O)Cn1ccnn1. The van der Waals surface area contributed by atoms with Crippen molar-refractivity contribution in [3.05, 3.63) is 92.5 Å². The molecule has 0 aliphatic carbocycles. The number of carbonyl (C=O) groups excluding carboxylic acids is 2. The van der Waals surface area contributed by atoms with Crippen LogP contribution < -0.4 is 10.6 Å². The average Bonchev–Trinajstić information content (AvgIpc) is 3.64. The lowest BCUT2D eigenvalue weighted by Gasteiger charge is -2.12. The molecule has 1 aliphatic heterocycles. The van der Waals surface area contributed by atoms with Crippen LogP contribution >= 0.6 is 23.2 Å². The average molecular weight is 644 g/mol. The predicted molar refractivity (Wildman–Crippen MR) is 163 cm³/mol. The summed E-state index contributed by atoms with van der Waals surface area (Å²) in [4.78, 5) is 28.9. The van der Waals surface area contributed by atoms with E-state index in [0.717, 1.165) is 16.8 Å². The number of nitrogens with zero attached hydrogens (tertiary/aromatic N) is 3. The van der Waals surface area contributed by atoms with Crippen molar-refractivity contribution in [3.8, 4) is 0 Å². The summed E-state index contributed by atoms with van der Waals surface area (Å²) in [5.74, 6) is -1.06. The van der Waals surface area contributed by atoms with Crippen molar-refractivity contribution in [1.29, 1.82) is 0 Å². The molecule has 0 bridgehead atoms. The summed E-state index contributed by atoms with van der Waals surface area (Å²) in [6, 6.07) is 9.24. The van der Waals surface area contributed by atoms with Crippen molar-refractivity contribution in [3.63, 3.8) is 0 Å². The number of rotatable bonds is 10. The molecule has 2 aromatic heterocycles. The second-order valence-electron chi connectivity index (χ2n) is 10.2. The highest BCUT2D eigenvalue weighted by atomic mass is 35.5. The van der Waals surface area contributed by atoms with Gasteiger partial charge in [0.15, 0.2) is 9.84 Å². The number of halogens is 2. The van der Waals surface area contributed by atoms with Crippen molar-refractivity contribution in [1.82, 2.24) is 25.3 Å². The van der Waals surface area contributed by atoms with E-state index in [4.69, 9.17) is 23.2 Å². The summed E-state index contributed by atoms with van der Waals surface area (Å²) in [7, 11) is -3.86. The number of sulfone groups is 1. The predicted octanol–water partition coefficient (Wildman–Crippen LogP) is 3.72. The number of fused-ring (bicyclic) bond motifs is 1. The highest BCUT2D eigenvalue weighted by Crippen LogP contribution is 2.37. The van der Waals surface area contributed by atoms with Crippen LogP contribution in [0.15, 0.2) is 53.7 Å². The number of aliphatic hydroxyl groups excluding tert-OH is 1. The lowest BCUT2D eigenvalue weighted by Crippen LogP contribution is -2.35. The van der Waals surface area contributed by atoms with Crippen LogP contribution in [-0.2, 0) is 38.1 Å². The summed E-state index contributed by atoms with van der Waals surface area (Å²) in [6.45, 7) is 3.90. The molecule has 4 aromatic rings. The second-order valence-corrected chi connectivity index (χ2v) is 13.0. The van der Waals surface area contributed by atoms with Crippen molar-refractivity contribution in [2.45, 2.75) is 43.6 Å². The summed E-state index contributed by atoms with van der Waals surface area (Å²) in [5, 5.41) is 23.7. The first kappa shape index (κ1) is 30.5. The van der Waals surface area contributed by atoms with E-state index in [9.17, 15) is 23.1 Å². The highest BCUT2D eigenvalue weighted by Gasteiger charge is 2.28. The maximum atomic E-state index is 13.3. The van der Waals surface area contributed by atoms with Gasteiger partial charge in [-0.2, -0.15) is 0 Å². The molecule has 43 heavy (non-hydrogen) atoms. The third kappa shape index (κ3) is 6.67. The molecule has 2 aromatic carbocycles. The van der Waals surface area contributed by atoms with Crippen molar-refractivity contribution in [2.24, 2.45) is 0 Å². The number of aryl methyl sites for hydroxylation is 1. The van der Waals surface area contributed by atoms with Gasteiger partial charge < -0.3 is 20.7 Å². The first-order valence-corrected chi connectivity index (χ1v) is 15.6. The van der Waals surface area contributed by atoms with Gasteiger partial charge in [-0.15, -0.1) is 5.10 Å². The van der Waals surface area contributed by atoms with Crippen molar-refractivity contribution < 1.29 is 23.1 Å². The fourth-order valence-electron chi connectivity index (χ4n) is 4.88. The van der Waals surface area contributed by atoms with E-state index < -0.39 is 21.7 Å². The van der Waals surface area contributed by atoms with Crippen LogP contribution in [-0.4, -0.2) is 58.0 Å². The van der Waals surface area contributed by atoms with E-state index in [2.05, 4.69) is 25.9 Å². The minimum Gasteiger partial charge on any atom is -0.389 e. The Morgan fingerprint density at radius 3 is 2.60 bits per heavy atom. The Labute approximate surface area is 257 Å². The summed E-state index contributed by atoms with van der Waals surface area (Å²) < 4.78 is 28.1. The molecule has 11 nitrogen and oxygen atoms in total. The molecular weight excluding hydrogens is 615 g/mol. The minimum atomic E-state index is -3.86. The molecular formula is C29H28Cl2N6O5S. The number of aromatic nitrogens is 4. The quantitative estimate of drug-likeness (QED) is 0.192. The van der Waals surface area contributed by atoms with Gasteiger partial charge in [-0.25, -0.2) is 13.1 Å². The van der Waals surface area contributed by atoms with E-state index in [1.54, 1.807) is 36.5 Å². The molecule has 4 N–H and O–H groups in total. The van der Waals surface area contributed by atoms with Gasteiger partial charge in [0.05, 0.1) is 41.5 Å². The summed E-state index contributed by atoms with van der Waals surface area (Å²) in [5.41, 5.74) is 4.37. The second kappa shape index (κ2) is 12.3. The van der Waals surface area contributed by atoms with E-state index in [1.807, 2.05) is 13.8 Å². The molecule has 0 saturated heterocycles. The number of amides is 2. The molecule has 5 rings (SSSR count). The van der Waals surface area contributed by atoms with Crippen LogP contribution in [0.5, 0.6) is 0 Å². The van der Waals surface area contributed by atoms with Crippen LogP contribution in [0.2, 0.25) is 10.0 Å². The summed E-state index contributed by atoms with van der Waals surface area (Å²) in [6.07, 6.45) is 3.99. The molecule has 0 fully saturated rings. The van der Waals surface area contributed by atoms with Gasteiger partial charge in [0, 0.05) is 51.0 Å². The fourth-order valence-corrected chi connectivity index (χ4v) is 7.00. The van der Waals surface area contributed by atoms with Crippen LogP contribution in [0.4, 0.5) is 5.69 Å². The van der Waals surface area contributed by atoms with Gasteiger partial charge in [-0.3, -0.25) is 9.59 Å². The zero-order chi connectivity index (χ0) is 30.9. The molecule has 0 saturated carbocycles. The highest BCUT2D eigenvalue weighted by molar-refractivity contribution is 7.90. The molecule has 0 spiro atoms. The lowest BCUT2D eigenvalue weighted by molar-refractivity contribution is -0.121. The van der Waals surface area contributed by atoms with Crippen LogP contribution in [0.25, 0.3) is 11.6 Å². The van der Waals surface area contributed by atoms with Gasteiger partial charge in [-0.1, -0.05) is 34.5 Å². The van der Waals surface area contributed by atoms with E-state index in [0.29, 0.717) is 22.5 Å². The number of benzene rings is 2. The van der Waals surface area contributed by atoms with Crippen molar-refractivity contribution >= 4 is 62.2 Å². The Bertz CT molecular complexity index is 1830. The largest absolute Gasteiger partial charge is 0.389 e. The van der Waals surface area contributed by atoms with Crippen LogP contribution in [0, 0.1) is 13.8 Å². The van der Waals surface area contributed by atoms with Gasteiger partial charge in [0.1, 0.15) is 0 Å². The Morgan fingerprint density at radius 2 is 1.91 bits per heavy atom. The number of hydrogen-bond donors (Lipinski definition) is 4. The van der Waals surface area contributed by atoms with Crippen molar-refractivity contribution in [2.75, 3.05) is 11.9 Å². The molecule has 14 heteroatoms. The monoisotopic (exact) mass is 642 g/mol. The number of aromatic amines is 1. The Hall–Kier alpha value is -3.97. The number of anilines is 1. The molecule has 1 atom stereocenters. The third-order valence-corrected chi connectivity index (χ3v) is 9.54.